The van der Waals surface area contributed by atoms with E-state index in [2.05, 4.69) is 0 Å². The van der Waals surface area contributed by atoms with Crippen molar-refractivity contribution in [3.63, 3.8) is 0 Å². The molecule has 0 heterocycles. The number of carbonyl (C=O) groups is 1. The standard InChI is InChI=1S/C13H16F3NO2/c1-12(2,3)17(8-11(18)19)10-6-4-9(5-7-10)13(14,15)16/h4-7H,8H2,1-3H3,(H,18,19). The smallest absolute Gasteiger partial charge is 0.416 e. The second kappa shape index (κ2) is 5.11. The molecule has 1 rings (SSSR count). The predicted molar refractivity (Wildman–Crippen MR) is 66.2 cm³/mol. The summed E-state index contributed by atoms with van der Waals surface area (Å²) in [6, 6.07) is 4.49. The van der Waals surface area contributed by atoms with Crippen LogP contribution in [-0.2, 0) is 11.0 Å². The number of nitrogens with zero attached hydrogens (tertiary/aromatic N) is 1. The summed E-state index contributed by atoms with van der Waals surface area (Å²) in [5, 5.41) is 8.87. The van der Waals surface area contributed by atoms with Gasteiger partial charge in [-0.1, -0.05) is 0 Å². The minimum Gasteiger partial charge on any atom is -0.480 e. The van der Waals surface area contributed by atoms with Gasteiger partial charge in [0, 0.05) is 11.2 Å². The van der Waals surface area contributed by atoms with Crippen molar-refractivity contribution in [1.82, 2.24) is 0 Å². The summed E-state index contributed by atoms with van der Waals surface area (Å²) in [7, 11) is 0. The van der Waals surface area contributed by atoms with E-state index in [1.165, 1.54) is 17.0 Å². The summed E-state index contributed by atoms with van der Waals surface area (Å²) in [4.78, 5) is 12.4. The molecule has 106 valence electrons. The Labute approximate surface area is 109 Å². The first-order valence-electron chi connectivity index (χ1n) is 5.68. The number of hydrogen-bond donors (Lipinski definition) is 1. The molecule has 1 N–H and O–H groups in total. The number of alkyl halides is 3. The Morgan fingerprint density at radius 1 is 1.16 bits per heavy atom. The maximum atomic E-state index is 12.5. The molecular weight excluding hydrogens is 259 g/mol. The summed E-state index contributed by atoms with van der Waals surface area (Å²) >= 11 is 0. The Hall–Kier alpha value is -1.72. The first-order chi connectivity index (χ1) is 8.51. The average Bonchev–Trinajstić information content (AvgIpc) is 2.23. The van der Waals surface area contributed by atoms with Gasteiger partial charge in [0.1, 0.15) is 6.54 Å². The van der Waals surface area contributed by atoms with Crippen molar-refractivity contribution in [3.8, 4) is 0 Å². The molecule has 0 saturated heterocycles. The van der Waals surface area contributed by atoms with Gasteiger partial charge in [-0.25, -0.2) is 0 Å². The maximum Gasteiger partial charge on any atom is 0.416 e. The van der Waals surface area contributed by atoms with E-state index in [0.717, 1.165) is 12.1 Å². The zero-order chi connectivity index (χ0) is 14.8. The Balaban J connectivity index is 3.08. The lowest BCUT2D eigenvalue weighted by Crippen LogP contribution is -2.44. The lowest BCUT2D eigenvalue weighted by molar-refractivity contribution is -0.138. The Morgan fingerprint density at radius 2 is 1.63 bits per heavy atom. The molecule has 0 amide bonds. The van der Waals surface area contributed by atoms with Crippen molar-refractivity contribution in [2.24, 2.45) is 0 Å². The Bertz CT molecular complexity index is 446. The van der Waals surface area contributed by atoms with Crippen LogP contribution in [0.1, 0.15) is 26.3 Å². The molecule has 0 fully saturated rings. The molecule has 0 aliphatic carbocycles. The molecule has 0 atom stereocenters. The minimum atomic E-state index is -4.39. The van der Waals surface area contributed by atoms with Gasteiger partial charge < -0.3 is 10.0 Å². The fourth-order valence-corrected chi connectivity index (χ4v) is 1.68. The van der Waals surface area contributed by atoms with Gasteiger partial charge in [0.25, 0.3) is 0 Å². The highest BCUT2D eigenvalue weighted by Gasteiger charge is 2.31. The van der Waals surface area contributed by atoms with Gasteiger partial charge >= 0.3 is 12.1 Å². The quantitative estimate of drug-likeness (QED) is 0.919. The van der Waals surface area contributed by atoms with Crippen LogP contribution < -0.4 is 4.90 Å². The zero-order valence-electron chi connectivity index (χ0n) is 11.0. The molecule has 1 aromatic rings. The molecule has 0 saturated carbocycles. The van der Waals surface area contributed by atoms with Gasteiger partial charge in [0.05, 0.1) is 5.56 Å². The number of aliphatic carboxylic acids is 1. The number of rotatable bonds is 3. The Kier molecular flexibility index (Phi) is 4.12. The zero-order valence-corrected chi connectivity index (χ0v) is 11.0. The van der Waals surface area contributed by atoms with Crippen LogP contribution in [0.4, 0.5) is 18.9 Å². The molecule has 0 unspecified atom stereocenters. The van der Waals surface area contributed by atoms with E-state index in [9.17, 15) is 18.0 Å². The summed E-state index contributed by atoms with van der Waals surface area (Å²) in [5.74, 6) is -1.03. The van der Waals surface area contributed by atoms with Crippen molar-refractivity contribution in [3.05, 3.63) is 29.8 Å². The number of anilines is 1. The van der Waals surface area contributed by atoms with Crippen LogP contribution in [0.15, 0.2) is 24.3 Å². The van der Waals surface area contributed by atoms with E-state index in [-0.39, 0.29) is 6.54 Å². The monoisotopic (exact) mass is 275 g/mol. The predicted octanol–water partition coefficient (Wildman–Crippen LogP) is 3.39. The normalized spacial score (nSPS) is 12.3. The topological polar surface area (TPSA) is 40.5 Å². The molecule has 0 aliphatic heterocycles. The first-order valence-corrected chi connectivity index (χ1v) is 5.68. The van der Waals surface area contributed by atoms with E-state index < -0.39 is 23.2 Å². The molecule has 6 heteroatoms. The van der Waals surface area contributed by atoms with E-state index >= 15 is 0 Å². The number of carboxylic acid groups (broad SMARTS) is 1. The van der Waals surface area contributed by atoms with Crippen molar-refractivity contribution in [1.29, 1.82) is 0 Å². The van der Waals surface area contributed by atoms with Crippen LogP contribution in [0.2, 0.25) is 0 Å². The molecule has 0 aliphatic rings. The number of halogens is 3. The van der Waals surface area contributed by atoms with E-state index in [4.69, 9.17) is 5.11 Å². The van der Waals surface area contributed by atoms with Gasteiger partial charge in [0.2, 0.25) is 0 Å². The lowest BCUT2D eigenvalue weighted by atomic mass is 10.0. The second-order valence-corrected chi connectivity index (χ2v) is 5.20. The highest BCUT2D eigenvalue weighted by molar-refractivity contribution is 5.74. The number of hydrogen-bond acceptors (Lipinski definition) is 2. The van der Waals surface area contributed by atoms with Crippen molar-refractivity contribution in [2.75, 3.05) is 11.4 Å². The molecule has 0 radical (unpaired) electrons. The van der Waals surface area contributed by atoms with Crippen LogP contribution in [-0.4, -0.2) is 23.2 Å². The molecule has 0 spiro atoms. The second-order valence-electron chi connectivity index (χ2n) is 5.20. The third-order valence-electron chi connectivity index (χ3n) is 2.61. The summed E-state index contributed by atoms with van der Waals surface area (Å²) < 4.78 is 37.4. The third kappa shape index (κ3) is 4.15. The fraction of sp³-hybridized carbons (Fsp3) is 0.462. The van der Waals surface area contributed by atoms with E-state index in [0.29, 0.717) is 5.69 Å². The molecule has 19 heavy (non-hydrogen) atoms. The van der Waals surface area contributed by atoms with Crippen LogP contribution in [0.3, 0.4) is 0 Å². The largest absolute Gasteiger partial charge is 0.480 e. The van der Waals surface area contributed by atoms with Crippen molar-refractivity contribution >= 4 is 11.7 Å². The molecular formula is C13H16F3NO2. The molecule has 1 aromatic carbocycles. The molecule has 0 aromatic heterocycles. The van der Waals surface area contributed by atoms with Gasteiger partial charge in [-0.05, 0) is 45.0 Å². The maximum absolute atomic E-state index is 12.5. The summed E-state index contributed by atoms with van der Waals surface area (Å²) in [6.45, 7) is 5.13. The van der Waals surface area contributed by atoms with Crippen molar-refractivity contribution in [2.45, 2.75) is 32.5 Å². The molecule has 3 nitrogen and oxygen atoms in total. The van der Waals surface area contributed by atoms with Crippen LogP contribution >= 0.6 is 0 Å². The van der Waals surface area contributed by atoms with E-state index in [1.54, 1.807) is 20.8 Å². The number of benzene rings is 1. The van der Waals surface area contributed by atoms with Gasteiger partial charge in [-0.3, -0.25) is 4.79 Å². The lowest BCUT2D eigenvalue weighted by Gasteiger charge is -2.36. The average molecular weight is 275 g/mol. The van der Waals surface area contributed by atoms with E-state index in [1.807, 2.05) is 0 Å². The highest BCUT2D eigenvalue weighted by atomic mass is 19.4. The number of carboxylic acids is 1. The van der Waals surface area contributed by atoms with Gasteiger partial charge in [0.15, 0.2) is 0 Å². The van der Waals surface area contributed by atoms with Crippen LogP contribution in [0.25, 0.3) is 0 Å². The minimum absolute atomic E-state index is 0.269. The van der Waals surface area contributed by atoms with Gasteiger partial charge in [-0.15, -0.1) is 0 Å². The van der Waals surface area contributed by atoms with Crippen LogP contribution in [0.5, 0.6) is 0 Å². The highest BCUT2D eigenvalue weighted by Crippen LogP contribution is 2.31. The SMILES string of the molecule is CC(C)(C)N(CC(=O)O)c1ccc(C(F)(F)F)cc1. The summed E-state index contributed by atoms with van der Waals surface area (Å²) in [6.07, 6.45) is -4.39. The van der Waals surface area contributed by atoms with Gasteiger partial charge in [-0.2, -0.15) is 13.2 Å². The van der Waals surface area contributed by atoms with Crippen LogP contribution in [0, 0.1) is 0 Å². The first kappa shape index (κ1) is 15.3. The Morgan fingerprint density at radius 3 is 1.95 bits per heavy atom. The third-order valence-corrected chi connectivity index (χ3v) is 2.61. The summed E-state index contributed by atoms with van der Waals surface area (Å²) in [5.41, 5.74) is -0.804. The molecule has 0 bridgehead atoms. The van der Waals surface area contributed by atoms with Crippen molar-refractivity contribution < 1.29 is 23.1 Å². The fourth-order valence-electron chi connectivity index (χ4n) is 1.68.